The largest absolute Gasteiger partial charge is 0.481 e. The van der Waals surface area contributed by atoms with Crippen molar-refractivity contribution in [3.8, 4) is 0 Å². The quantitative estimate of drug-likeness (QED) is 0.0912. The molecule has 3 rings (SSSR count). The lowest BCUT2D eigenvalue weighted by molar-refractivity contribution is -0.147. The molecule has 2 aromatic rings. The molecular formula is C23H22I6O10. The Morgan fingerprint density at radius 1 is 0.744 bits per heavy atom. The standard InChI is InChI=1S/C9H8O3.C8H4O3.C3H4O4.CHI3.CH2I2.CH3I/c1-6(10)7-4-2-3-5-8(7)9(11)12;9-7-5-3-1-2-4-6(5)8(10)11-7;4-2(5)1-3(6)7;2-1(3)4;2-1-3;1-2/h2-5H,1H3,(H,11,12);1-4H;1H2,(H,4,5)(H,6,7);1H;1H2;1H3. The molecule has 0 atom stereocenters. The Kier molecular flexibility index (Phi) is 30.0. The van der Waals surface area contributed by atoms with Gasteiger partial charge in [-0.1, -0.05) is 166 Å². The van der Waals surface area contributed by atoms with E-state index in [2.05, 4.69) is 140 Å². The second kappa shape index (κ2) is 26.9. The molecule has 0 saturated heterocycles. The van der Waals surface area contributed by atoms with Gasteiger partial charge < -0.3 is 20.1 Å². The van der Waals surface area contributed by atoms with Gasteiger partial charge in [0.05, 0.1) is 19.1 Å². The van der Waals surface area contributed by atoms with Crippen LogP contribution < -0.4 is 0 Å². The van der Waals surface area contributed by atoms with Gasteiger partial charge in [-0.2, -0.15) is 0 Å². The third kappa shape index (κ3) is 23.3. The molecule has 2 aromatic carbocycles. The van der Waals surface area contributed by atoms with E-state index in [9.17, 15) is 28.8 Å². The number of carbonyl (C=O) groups is 6. The zero-order chi connectivity index (χ0) is 31.1. The number of benzene rings is 2. The SMILES string of the molecule is CC(=O)c1ccccc1C(=O)O.CI.IC(I)I.ICI.O=C(O)CC(=O)O.O=C1OC(=O)c2ccccc21. The first-order valence-electron chi connectivity index (χ1n) is 9.73. The highest BCUT2D eigenvalue weighted by Crippen LogP contribution is 2.18. The highest BCUT2D eigenvalue weighted by atomic mass is 127. The molecule has 0 amide bonds. The van der Waals surface area contributed by atoms with Crippen molar-refractivity contribution in [1.29, 1.82) is 0 Å². The first-order valence-corrected chi connectivity index (χ1v) is 18.7. The molecule has 0 aliphatic carbocycles. The number of halogens is 6. The third-order valence-corrected chi connectivity index (χ3v) is 3.39. The summed E-state index contributed by atoms with van der Waals surface area (Å²) in [6, 6.07) is 12.7. The van der Waals surface area contributed by atoms with Crippen LogP contribution in [0.15, 0.2) is 48.5 Å². The molecule has 16 heteroatoms. The Morgan fingerprint density at radius 3 is 1.28 bits per heavy atom. The number of aliphatic carboxylic acids is 2. The number of carbonyl (C=O) groups excluding carboxylic acids is 3. The topological polar surface area (TPSA) is 172 Å². The Hall–Kier alpha value is 0.0400. The zero-order valence-corrected chi connectivity index (χ0v) is 33.0. The number of Topliss-reactive ketones (excluding diaryl/α,β-unsaturated/α-hetero) is 1. The minimum atomic E-state index is -1.31. The molecule has 216 valence electrons. The summed E-state index contributed by atoms with van der Waals surface area (Å²) >= 11 is 13.6. The lowest BCUT2D eigenvalue weighted by Gasteiger charge is -1.99. The molecule has 0 radical (unpaired) electrons. The molecule has 1 heterocycles. The van der Waals surface area contributed by atoms with Crippen LogP contribution in [0.3, 0.4) is 0 Å². The monoisotopic (exact) mass is 1220 g/mol. The van der Waals surface area contributed by atoms with Crippen molar-refractivity contribution in [2.45, 2.75) is 13.3 Å². The van der Waals surface area contributed by atoms with Gasteiger partial charge in [-0.15, -0.1) is 0 Å². The highest BCUT2D eigenvalue weighted by Gasteiger charge is 2.28. The number of ether oxygens (including phenoxy) is 1. The average Bonchev–Trinajstić information content (AvgIpc) is 3.14. The number of hydrogen-bond acceptors (Lipinski definition) is 7. The summed E-state index contributed by atoms with van der Waals surface area (Å²) in [5.41, 5.74) is 1.03. The number of rotatable bonds is 4. The number of aromatic carboxylic acids is 1. The van der Waals surface area contributed by atoms with Crippen LogP contribution >= 0.6 is 136 Å². The molecule has 0 saturated carbocycles. The summed E-state index contributed by atoms with van der Waals surface area (Å²) in [4.78, 5) is 64.0. The minimum Gasteiger partial charge on any atom is -0.481 e. The minimum absolute atomic E-state index is 0.0602. The van der Waals surface area contributed by atoms with Gasteiger partial charge >= 0.3 is 29.8 Å². The van der Waals surface area contributed by atoms with Crippen LogP contribution in [0.4, 0.5) is 0 Å². The third-order valence-electron chi connectivity index (χ3n) is 3.39. The van der Waals surface area contributed by atoms with Crippen LogP contribution in [0.2, 0.25) is 0 Å². The number of ketones is 1. The first kappa shape index (κ1) is 43.5. The van der Waals surface area contributed by atoms with Crippen molar-refractivity contribution in [3.05, 3.63) is 70.8 Å². The van der Waals surface area contributed by atoms with E-state index < -0.39 is 36.3 Å². The van der Waals surface area contributed by atoms with Crippen LogP contribution in [0, 0.1) is 0 Å². The number of alkyl halides is 6. The van der Waals surface area contributed by atoms with E-state index in [0.29, 0.717) is 11.1 Å². The Bertz CT molecular complexity index is 1010. The van der Waals surface area contributed by atoms with E-state index in [-0.39, 0.29) is 16.9 Å². The maximum absolute atomic E-state index is 10.9. The summed E-state index contributed by atoms with van der Waals surface area (Å²) in [7, 11) is 0. The van der Waals surface area contributed by atoms with Crippen molar-refractivity contribution in [2.24, 2.45) is 0 Å². The Balaban J connectivity index is -0.000000442. The summed E-state index contributed by atoms with van der Waals surface area (Å²) in [6.45, 7) is 1.35. The van der Waals surface area contributed by atoms with Gasteiger partial charge in [-0.05, 0) is 30.1 Å². The fourth-order valence-corrected chi connectivity index (χ4v) is 2.14. The summed E-state index contributed by atoms with van der Waals surface area (Å²) in [6.07, 6.45) is -0.806. The van der Waals surface area contributed by atoms with Crippen LogP contribution in [-0.2, 0) is 14.3 Å². The molecule has 0 aromatic heterocycles. The molecular weight excluding hydrogens is 1200 g/mol. The fraction of sp³-hybridized carbons (Fsp3) is 0.217. The van der Waals surface area contributed by atoms with Crippen LogP contribution in [-0.4, -0.2) is 58.3 Å². The molecule has 0 bridgehead atoms. The molecule has 1 aliphatic heterocycles. The van der Waals surface area contributed by atoms with Crippen molar-refractivity contribution >= 4 is 171 Å². The summed E-state index contributed by atoms with van der Waals surface area (Å²) in [5, 5.41) is 24.1. The predicted molar refractivity (Wildman–Crippen MR) is 198 cm³/mol. The second-order valence-electron chi connectivity index (χ2n) is 5.94. The number of fused-ring (bicyclic) bond motifs is 1. The molecule has 1 aliphatic rings. The van der Waals surface area contributed by atoms with Crippen molar-refractivity contribution in [2.75, 3.05) is 7.36 Å². The van der Waals surface area contributed by atoms with E-state index in [0.717, 1.165) is -0.0619 Å². The van der Waals surface area contributed by atoms with Gasteiger partial charge in [0.1, 0.15) is 6.36 Å². The van der Waals surface area contributed by atoms with E-state index in [4.69, 9.17) is 15.3 Å². The fourth-order valence-electron chi connectivity index (χ4n) is 2.14. The lowest BCUT2D eigenvalue weighted by atomic mass is 10.1. The summed E-state index contributed by atoms with van der Waals surface area (Å²) in [5.74, 6) is -5.02. The number of hydrogen-bond donors (Lipinski definition) is 3. The molecule has 0 unspecified atom stereocenters. The smallest absolute Gasteiger partial charge is 0.346 e. The average molecular weight is 1220 g/mol. The van der Waals surface area contributed by atoms with E-state index >= 15 is 0 Å². The molecule has 39 heavy (non-hydrogen) atoms. The molecule has 10 nitrogen and oxygen atoms in total. The second-order valence-corrected chi connectivity index (χ2v) is 21.3. The van der Waals surface area contributed by atoms with Gasteiger partial charge in [0.15, 0.2) is 5.78 Å². The van der Waals surface area contributed by atoms with Crippen molar-refractivity contribution in [3.63, 3.8) is 0 Å². The van der Waals surface area contributed by atoms with E-state index in [1.807, 2.05) is 4.93 Å². The zero-order valence-electron chi connectivity index (χ0n) is 20.1. The number of esters is 2. The van der Waals surface area contributed by atoms with E-state index in [1.165, 1.54) is 21.5 Å². The molecule has 0 spiro atoms. The number of carboxylic acid groups (broad SMARTS) is 3. The van der Waals surface area contributed by atoms with Gasteiger partial charge in [-0.25, -0.2) is 14.4 Å². The van der Waals surface area contributed by atoms with Gasteiger partial charge in [0, 0.05) is 5.56 Å². The van der Waals surface area contributed by atoms with Gasteiger partial charge in [0.2, 0.25) is 0 Å². The maximum atomic E-state index is 10.9. The van der Waals surface area contributed by atoms with Crippen LogP contribution in [0.5, 0.6) is 0 Å². The van der Waals surface area contributed by atoms with Crippen molar-refractivity contribution < 1.29 is 48.8 Å². The lowest BCUT2D eigenvalue weighted by Crippen LogP contribution is -2.05. The Morgan fingerprint density at radius 2 is 1.05 bits per heavy atom. The van der Waals surface area contributed by atoms with Crippen molar-refractivity contribution in [1.82, 2.24) is 0 Å². The number of cyclic esters (lactones) is 2. The maximum Gasteiger partial charge on any atom is 0.346 e. The first-order chi connectivity index (χ1) is 18.2. The van der Waals surface area contributed by atoms with Crippen LogP contribution in [0.25, 0.3) is 0 Å². The molecule has 0 fully saturated rings. The molecule has 3 N–H and O–H groups in total. The Labute approximate surface area is 307 Å². The van der Waals surface area contributed by atoms with Gasteiger partial charge in [-0.3, -0.25) is 14.4 Å². The summed E-state index contributed by atoms with van der Waals surface area (Å²) < 4.78 is 6.29. The normalized spacial score (nSPS) is 9.97. The predicted octanol–water partition coefficient (Wildman–Crippen LogP) is 7.57. The highest BCUT2D eigenvalue weighted by molar-refractivity contribution is 14.3. The van der Waals surface area contributed by atoms with E-state index in [1.54, 1.807) is 36.4 Å². The van der Waals surface area contributed by atoms with Gasteiger partial charge in [0.25, 0.3) is 0 Å². The van der Waals surface area contributed by atoms with Crippen LogP contribution in [0.1, 0.15) is 54.8 Å². The number of carboxylic acids is 3.